The van der Waals surface area contributed by atoms with Crippen LogP contribution in [-0.4, -0.2) is 27.3 Å². The molecule has 0 aromatic heterocycles. The minimum Gasteiger partial charge on any atom is -0.400 e. The van der Waals surface area contributed by atoms with E-state index in [-0.39, 0.29) is 24.0 Å². The summed E-state index contributed by atoms with van der Waals surface area (Å²) in [6, 6.07) is 30.6. The van der Waals surface area contributed by atoms with Crippen LogP contribution < -0.4 is 10.4 Å². The SMILES string of the molecule is CC(C)(C)[Si](OCC(=O)COCc1ccccc1)(c1ccccc1)c1ccccc1. The largest absolute Gasteiger partial charge is 0.400 e. The third-order valence-corrected chi connectivity index (χ3v) is 10.2. The fraction of sp³-hybridized carbons (Fsp3) is 0.269. The Hall–Kier alpha value is -2.53. The summed E-state index contributed by atoms with van der Waals surface area (Å²) in [5.41, 5.74) is 1.05. The van der Waals surface area contributed by atoms with E-state index < -0.39 is 8.32 Å². The van der Waals surface area contributed by atoms with Crippen molar-refractivity contribution >= 4 is 24.5 Å². The minimum absolute atomic E-state index is 0.0427. The molecule has 3 aromatic carbocycles. The molecule has 0 radical (unpaired) electrons. The van der Waals surface area contributed by atoms with Gasteiger partial charge in [-0.1, -0.05) is 112 Å². The summed E-state index contributed by atoms with van der Waals surface area (Å²) >= 11 is 0. The first-order chi connectivity index (χ1) is 14.4. The van der Waals surface area contributed by atoms with Gasteiger partial charge >= 0.3 is 0 Å². The highest BCUT2D eigenvalue weighted by Gasteiger charge is 2.50. The van der Waals surface area contributed by atoms with Crippen LogP contribution in [0.4, 0.5) is 0 Å². The van der Waals surface area contributed by atoms with Gasteiger partial charge < -0.3 is 9.16 Å². The van der Waals surface area contributed by atoms with Gasteiger partial charge in [0.2, 0.25) is 0 Å². The number of Topliss-reactive ketones (excluding diaryl/α,β-unsaturated/α-hetero) is 1. The third-order valence-electron chi connectivity index (χ3n) is 5.24. The summed E-state index contributed by atoms with van der Waals surface area (Å²) in [7, 11) is -2.69. The third kappa shape index (κ3) is 5.14. The van der Waals surface area contributed by atoms with Crippen LogP contribution in [-0.2, 0) is 20.6 Å². The van der Waals surface area contributed by atoms with Gasteiger partial charge in [0, 0.05) is 0 Å². The first kappa shape index (κ1) is 22.2. The Kier molecular flexibility index (Phi) is 7.37. The average molecular weight is 419 g/mol. The molecule has 0 unspecified atom stereocenters. The van der Waals surface area contributed by atoms with Crippen LogP contribution in [0.25, 0.3) is 0 Å². The lowest BCUT2D eigenvalue weighted by Gasteiger charge is -2.42. The summed E-state index contributed by atoms with van der Waals surface area (Å²) in [6.07, 6.45) is 0. The minimum atomic E-state index is -2.69. The predicted molar refractivity (Wildman–Crippen MR) is 125 cm³/mol. The Labute approximate surface area is 180 Å². The van der Waals surface area contributed by atoms with E-state index in [0.717, 1.165) is 5.56 Å². The standard InChI is InChI=1S/C26H30O3Si/c1-26(2,3)30(24-15-9-5-10-16-24,25-17-11-6-12-18-25)29-21-23(27)20-28-19-22-13-7-4-8-14-22/h4-18H,19-21H2,1-3H3. The molecule has 3 rings (SSSR count). The summed E-state index contributed by atoms with van der Waals surface area (Å²) in [5.74, 6) is -0.0427. The van der Waals surface area contributed by atoms with Gasteiger partial charge in [-0.2, -0.15) is 0 Å². The van der Waals surface area contributed by atoms with Gasteiger partial charge in [0.05, 0.1) is 13.2 Å². The molecule has 0 atom stereocenters. The van der Waals surface area contributed by atoms with E-state index in [4.69, 9.17) is 9.16 Å². The normalized spacial score (nSPS) is 12.0. The fourth-order valence-electron chi connectivity index (χ4n) is 3.85. The topological polar surface area (TPSA) is 35.5 Å². The molecule has 0 aliphatic rings. The molecule has 0 spiro atoms. The Bertz CT molecular complexity index is 879. The van der Waals surface area contributed by atoms with Crippen molar-refractivity contribution in [1.82, 2.24) is 0 Å². The van der Waals surface area contributed by atoms with Crippen molar-refractivity contribution in [2.45, 2.75) is 32.4 Å². The highest BCUT2D eigenvalue weighted by Crippen LogP contribution is 2.36. The van der Waals surface area contributed by atoms with Crippen molar-refractivity contribution in [3.8, 4) is 0 Å². The lowest BCUT2D eigenvalue weighted by molar-refractivity contribution is -0.126. The zero-order chi connectivity index (χ0) is 21.5. The van der Waals surface area contributed by atoms with Crippen molar-refractivity contribution in [2.24, 2.45) is 0 Å². The maximum atomic E-state index is 12.6. The molecule has 4 heteroatoms. The molecule has 0 saturated heterocycles. The zero-order valence-corrected chi connectivity index (χ0v) is 19.0. The summed E-state index contributed by atoms with van der Waals surface area (Å²) < 4.78 is 12.3. The molecule has 0 amide bonds. The molecule has 3 aromatic rings. The van der Waals surface area contributed by atoms with Crippen LogP contribution in [0.1, 0.15) is 26.3 Å². The first-order valence-corrected chi connectivity index (χ1v) is 12.2. The van der Waals surface area contributed by atoms with Gasteiger partial charge in [-0.05, 0) is 21.0 Å². The van der Waals surface area contributed by atoms with E-state index in [1.165, 1.54) is 10.4 Å². The number of hydrogen-bond acceptors (Lipinski definition) is 3. The molecule has 30 heavy (non-hydrogen) atoms. The van der Waals surface area contributed by atoms with Gasteiger partial charge in [0.25, 0.3) is 8.32 Å². The molecule has 0 bridgehead atoms. The summed E-state index contributed by atoms with van der Waals surface area (Å²) in [4.78, 5) is 12.6. The highest BCUT2D eigenvalue weighted by molar-refractivity contribution is 6.99. The number of carbonyl (C=O) groups excluding carboxylic acids is 1. The van der Waals surface area contributed by atoms with E-state index in [2.05, 4.69) is 45.0 Å². The Balaban J connectivity index is 1.78. The lowest BCUT2D eigenvalue weighted by Crippen LogP contribution is -2.67. The van der Waals surface area contributed by atoms with Crippen molar-refractivity contribution in [2.75, 3.05) is 13.2 Å². The van der Waals surface area contributed by atoms with Crippen LogP contribution in [0.5, 0.6) is 0 Å². The number of ether oxygens (including phenoxy) is 1. The van der Waals surface area contributed by atoms with Crippen molar-refractivity contribution < 1.29 is 14.0 Å². The van der Waals surface area contributed by atoms with Crippen LogP contribution in [0.3, 0.4) is 0 Å². The van der Waals surface area contributed by atoms with Crippen LogP contribution >= 0.6 is 0 Å². The number of rotatable bonds is 9. The number of hydrogen-bond donors (Lipinski definition) is 0. The van der Waals surface area contributed by atoms with Crippen LogP contribution in [0.2, 0.25) is 5.04 Å². The maximum Gasteiger partial charge on any atom is 0.261 e. The molecule has 0 heterocycles. The zero-order valence-electron chi connectivity index (χ0n) is 18.0. The summed E-state index contributed by atoms with van der Waals surface area (Å²) in [6.45, 7) is 7.13. The summed E-state index contributed by atoms with van der Waals surface area (Å²) in [5, 5.41) is 2.18. The second-order valence-corrected chi connectivity index (χ2v) is 12.8. The molecule has 0 saturated carbocycles. The first-order valence-electron chi connectivity index (χ1n) is 10.3. The molecule has 0 fully saturated rings. The molecule has 156 valence electrons. The Morgan fingerprint density at radius 1 is 0.733 bits per heavy atom. The van der Waals surface area contributed by atoms with Gasteiger partial charge in [0.15, 0.2) is 5.78 Å². The number of ketones is 1. The van der Waals surface area contributed by atoms with Gasteiger partial charge in [0.1, 0.15) is 6.61 Å². The van der Waals surface area contributed by atoms with E-state index in [1.807, 2.05) is 66.7 Å². The fourth-order valence-corrected chi connectivity index (χ4v) is 8.38. The second-order valence-electron chi connectivity index (χ2n) is 8.47. The smallest absolute Gasteiger partial charge is 0.261 e. The Morgan fingerprint density at radius 2 is 1.20 bits per heavy atom. The number of benzene rings is 3. The van der Waals surface area contributed by atoms with Crippen molar-refractivity contribution in [3.63, 3.8) is 0 Å². The van der Waals surface area contributed by atoms with Gasteiger partial charge in [-0.15, -0.1) is 0 Å². The molecule has 0 aliphatic heterocycles. The second kappa shape index (κ2) is 9.98. The van der Waals surface area contributed by atoms with Crippen LogP contribution in [0.15, 0.2) is 91.0 Å². The molecule has 0 N–H and O–H groups in total. The molecule has 0 aliphatic carbocycles. The highest BCUT2D eigenvalue weighted by atomic mass is 28.4. The predicted octanol–water partition coefficient (Wildman–Crippen LogP) is 4.35. The molecule has 3 nitrogen and oxygen atoms in total. The average Bonchev–Trinajstić information content (AvgIpc) is 2.75. The number of carbonyl (C=O) groups is 1. The van der Waals surface area contributed by atoms with E-state index in [1.54, 1.807) is 0 Å². The van der Waals surface area contributed by atoms with E-state index in [0.29, 0.717) is 6.61 Å². The van der Waals surface area contributed by atoms with Crippen molar-refractivity contribution in [3.05, 3.63) is 96.6 Å². The maximum absolute atomic E-state index is 12.6. The van der Waals surface area contributed by atoms with Crippen molar-refractivity contribution in [1.29, 1.82) is 0 Å². The Morgan fingerprint density at radius 3 is 1.67 bits per heavy atom. The quantitative estimate of drug-likeness (QED) is 0.485. The van der Waals surface area contributed by atoms with Gasteiger partial charge in [-0.25, -0.2) is 0 Å². The lowest BCUT2D eigenvalue weighted by atomic mass is 10.2. The molecular formula is C26H30O3Si. The molecular weight excluding hydrogens is 388 g/mol. The monoisotopic (exact) mass is 418 g/mol. The van der Waals surface area contributed by atoms with E-state index in [9.17, 15) is 4.79 Å². The van der Waals surface area contributed by atoms with Gasteiger partial charge in [-0.3, -0.25) is 4.79 Å². The van der Waals surface area contributed by atoms with E-state index >= 15 is 0 Å². The van der Waals surface area contributed by atoms with Crippen LogP contribution in [0, 0.1) is 0 Å².